The van der Waals surface area contributed by atoms with E-state index in [1.807, 2.05) is 0 Å². The first kappa shape index (κ1) is 16.9. The third-order valence-corrected chi connectivity index (χ3v) is 3.94. The minimum atomic E-state index is -0.135. The number of piperidine rings is 1. The summed E-state index contributed by atoms with van der Waals surface area (Å²) in [5, 5.41) is 6.58. The molecule has 1 aliphatic heterocycles. The molecule has 1 unspecified atom stereocenters. The van der Waals surface area contributed by atoms with Crippen LogP contribution in [0.2, 0.25) is 10.0 Å². The Morgan fingerprint density at radius 2 is 2.23 bits per heavy atom. The van der Waals surface area contributed by atoms with E-state index < -0.39 is 0 Å². The zero-order valence-electron chi connectivity index (χ0n) is 12.0. The molecule has 0 spiro atoms. The lowest BCUT2D eigenvalue weighted by Crippen LogP contribution is -2.43. The normalized spacial score (nSPS) is 17.7. The predicted octanol–water partition coefficient (Wildman–Crippen LogP) is 2.40. The molecule has 1 fully saturated rings. The van der Waals surface area contributed by atoms with Gasteiger partial charge in [-0.2, -0.15) is 0 Å². The number of amides is 2. The summed E-state index contributed by atoms with van der Waals surface area (Å²) < 4.78 is 5.53. The fourth-order valence-electron chi connectivity index (χ4n) is 2.16. The highest BCUT2D eigenvalue weighted by Crippen LogP contribution is 2.27. The van der Waals surface area contributed by atoms with Gasteiger partial charge in [-0.15, -0.1) is 0 Å². The zero-order chi connectivity index (χ0) is 15.9. The molecule has 2 rings (SSSR count). The molecular weight excluding hydrogens is 327 g/mol. The van der Waals surface area contributed by atoms with Crippen LogP contribution in [0.25, 0.3) is 0 Å². The van der Waals surface area contributed by atoms with Gasteiger partial charge in [0.15, 0.2) is 0 Å². The summed E-state index contributed by atoms with van der Waals surface area (Å²) >= 11 is 11.8. The van der Waals surface area contributed by atoms with Crippen LogP contribution in [0.1, 0.15) is 19.3 Å². The Kier molecular flexibility index (Phi) is 6.34. The molecule has 0 radical (unpaired) electrons. The van der Waals surface area contributed by atoms with Crippen LogP contribution in [-0.4, -0.2) is 31.5 Å². The fourth-order valence-corrected chi connectivity index (χ4v) is 2.62. The largest absolute Gasteiger partial charge is 0.492 e. The first-order chi connectivity index (χ1) is 10.6. The third-order valence-electron chi connectivity index (χ3n) is 3.41. The monoisotopic (exact) mass is 344 g/mol. The van der Waals surface area contributed by atoms with E-state index in [4.69, 9.17) is 27.9 Å². The molecule has 1 aliphatic rings. The Bertz CT molecular complexity index is 542. The highest BCUT2D eigenvalue weighted by atomic mass is 35.5. The Hall–Kier alpha value is -1.46. The topological polar surface area (TPSA) is 67.4 Å². The molecule has 7 heteroatoms. The number of nitrogens with one attached hydrogen (secondary N) is 2. The number of benzene rings is 1. The number of rotatable bonds is 6. The van der Waals surface area contributed by atoms with Crippen LogP contribution in [0, 0.1) is 5.92 Å². The average Bonchev–Trinajstić information content (AvgIpc) is 2.49. The lowest BCUT2D eigenvalue weighted by atomic mass is 9.98. The molecule has 1 saturated heterocycles. The molecule has 5 nitrogen and oxygen atoms in total. The molecular formula is C15H18Cl2N2O3. The van der Waals surface area contributed by atoms with E-state index in [-0.39, 0.29) is 17.7 Å². The molecule has 0 bridgehead atoms. The number of halogens is 2. The summed E-state index contributed by atoms with van der Waals surface area (Å²) in [5.41, 5.74) is 0. The van der Waals surface area contributed by atoms with Crippen LogP contribution in [0.15, 0.2) is 18.2 Å². The zero-order valence-corrected chi connectivity index (χ0v) is 13.5. The van der Waals surface area contributed by atoms with E-state index in [2.05, 4.69) is 10.6 Å². The van der Waals surface area contributed by atoms with Crippen molar-refractivity contribution in [2.45, 2.75) is 19.3 Å². The van der Waals surface area contributed by atoms with Gasteiger partial charge in [-0.3, -0.25) is 9.59 Å². The van der Waals surface area contributed by atoms with Crippen molar-refractivity contribution in [1.29, 1.82) is 0 Å². The quantitative estimate of drug-likeness (QED) is 0.778. The lowest BCUT2D eigenvalue weighted by molar-refractivity contribution is -0.128. The Balaban J connectivity index is 1.62. The van der Waals surface area contributed by atoms with Crippen LogP contribution in [-0.2, 0) is 9.59 Å². The minimum Gasteiger partial charge on any atom is -0.492 e. The van der Waals surface area contributed by atoms with Crippen LogP contribution in [0.4, 0.5) is 0 Å². The van der Waals surface area contributed by atoms with E-state index in [0.717, 1.165) is 0 Å². The summed E-state index contributed by atoms with van der Waals surface area (Å²) in [5.74, 6) is 0.429. The highest BCUT2D eigenvalue weighted by Gasteiger charge is 2.23. The number of hydrogen-bond donors (Lipinski definition) is 2. The van der Waals surface area contributed by atoms with Crippen molar-refractivity contribution in [3.05, 3.63) is 28.2 Å². The van der Waals surface area contributed by atoms with E-state index in [9.17, 15) is 9.59 Å². The first-order valence-electron chi connectivity index (χ1n) is 7.18. The molecule has 22 heavy (non-hydrogen) atoms. The third kappa shape index (κ3) is 5.07. The van der Waals surface area contributed by atoms with Gasteiger partial charge in [0.25, 0.3) is 0 Å². The Morgan fingerprint density at radius 3 is 2.91 bits per heavy atom. The number of ether oxygens (including phenoxy) is 1. The molecule has 1 atom stereocenters. The molecule has 1 heterocycles. The van der Waals surface area contributed by atoms with E-state index in [1.165, 1.54) is 0 Å². The molecule has 2 amide bonds. The SMILES string of the molecule is O=C1CCC(C(=O)NCCCOc2ccc(Cl)cc2Cl)CN1. The molecule has 0 aliphatic carbocycles. The van der Waals surface area contributed by atoms with Gasteiger partial charge in [-0.05, 0) is 31.0 Å². The highest BCUT2D eigenvalue weighted by molar-refractivity contribution is 6.35. The van der Waals surface area contributed by atoms with Gasteiger partial charge in [-0.25, -0.2) is 0 Å². The first-order valence-corrected chi connectivity index (χ1v) is 7.94. The van der Waals surface area contributed by atoms with Crippen molar-refractivity contribution in [1.82, 2.24) is 10.6 Å². The van der Waals surface area contributed by atoms with Crippen molar-refractivity contribution in [2.24, 2.45) is 5.92 Å². The van der Waals surface area contributed by atoms with Gasteiger partial charge in [0.05, 0.1) is 17.5 Å². The minimum absolute atomic E-state index is 0.0114. The fraction of sp³-hybridized carbons (Fsp3) is 0.467. The second-order valence-corrected chi connectivity index (χ2v) is 5.95. The van der Waals surface area contributed by atoms with Gasteiger partial charge in [0.2, 0.25) is 11.8 Å². The summed E-state index contributed by atoms with van der Waals surface area (Å²) in [6.07, 6.45) is 1.69. The van der Waals surface area contributed by atoms with E-state index in [0.29, 0.717) is 54.8 Å². The van der Waals surface area contributed by atoms with Crippen LogP contribution >= 0.6 is 23.2 Å². The maximum atomic E-state index is 11.9. The van der Waals surface area contributed by atoms with Gasteiger partial charge in [-0.1, -0.05) is 23.2 Å². The van der Waals surface area contributed by atoms with Crippen molar-refractivity contribution in [3.63, 3.8) is 0 Å². The molecule has 120 valence electrons. The summed E-state index contributed by atoms with van der Waals surface area (Å²) in [6, 6.07) is 5.05. The second kappa shape index (κ2) is 8.25. The molecule has 2 N–H and O–H groups in total. The molecule has 1 aromatic carbocycles. The van der Waals surface area contributed by atoms with Gasteiger partial charge in [0, 0.05) is 24.5 Å². The van der Waals surface area contributed by atoms with Gasteiger partial charge >= 0.3 is 0 Å². The van der Waals surface area contributed by atoms with Crippen molar-refractivity contribution < 1.29 is 14.3 Å². The van der Waals surface area contributed by atoms with Crippen LogP contribution < -0.4 is 15.4 Å². The van der Waals surface area contributed by atoms with Crippen LogP contribution in [0.5, 0.6) is 5.75 Å². The Labute approximate surface area is 139 Å². The van der Waals surface area contributed by atoms with Gasteiger partial charge < -0.3 is 15.4 Å². The lowest BCUT2D eigenvalue weighted by Gasteiger charge is -2.21. The number of hydrogen-bond acceptors (Lipinski definition) is 3. The van der Waals surface area contributed by atoms with Crippen molar-refractivity contribution in [2.75, 3.05) is 19.7 Å². The maximum absolute atomic E-state index is 11.9. The van der Waals surface area contributed by atoms with E-state index >= 15 is 0 Å². The predicted molar refractivity (Wildman–Crippen MR) is 85.3 cm³/mol. The van der Waals surface area contributed by atoms with Crippen molar-refractivity contribution in [3.8, 4) is 5.75 Å². The van der Waals surface area contributed by atoms with Gasteiger partial charge in [0.1, 0.15) is 5.75 Å². The molecule has 0 saturated carbocycles. The number of carbonyl (C=O) groups is 2. The smallest absolute Gasteiger partial charge is 0.224 e. The summed E-state index contributed by atoms with van der Waals surface area (Å²) in [6.45, 7) is 1.39. The number of carbonyl (C=O) groups excluding carboxylic acids is 2. The Morgan fingerprint density at radius 1 is 1.41 bits per heavy atom. The van der Waals surface area contributed by atoms with Crippen LogP contribution in [0.3, 0.4) is 0 Å². The molecule has 0 aromatic heterocycles. The summed E-state index contributed by atoms with van der Waals surface area (Å²) in [4.78, 5) is 22.9. The van der Waals surface area contributed by atoms with E-state index in [1.54, 1.807) is 18.2 Å². The second-order valence-electron chi connectivity index (χ2n) is 5.11. The maximum Gasteiger partial charge on any atom is 0.224 e. The molecule has 1 aromatic rings. The van der Waals surface area contributed by atoms with Crippen molar-refractivity contribution >= 4 is 35.0 Å². The average molecular weight is 345 g/mol. The standard InChI is InChI=1S/C15H18Cl2N2O3/c16-11-3-4-13(12(17)8-11)22-7-1-6-18-15(21)10-2-5-14(20)19-9-10/h3-4,8,10H,1-2,5-7,9H2,(H,18,21)(H,19,20). The summed E-state index contributed by atoms with van der Waals surface area (Å²) in [7, 11) is 0.